The molecule has 3 heteroatoms. The second kappa shape index (κ2) is 6.94. The molecule has 1 N–H and O–H groups in total. The van der Waals surface area contributed by atoms with E-state index in [9.17, 15) is 0 Å². The largest absolute Gasteiger partial charge is 0.383 e. The molecule has 0 radical (unpaired) electrons. The van der Waals surface area contributed by atoms with E-state index >= 15 is 0 Å². The van der Waals surface area contributed by atoms with Crippen molar-refractivity contribution in [1.29, 1.82) is 0 Å². The molecule has 0 saturated heterocycles. The summed E-state index contributed by atoms with van der Waals surface area (Å²) >= 11 is 1.87. The van der Waals surface area contributed by atoms with Crippen molar-refractivity contribution in [3.05, 3.63) is 28.0 Å². The lowest BCUT2D eigenvalue weighted by Crippen LogP contribution is -2.18. The van der Waals surface area contributed by atoms with E-state index in [2.05, 4.69) is 50.4 Å². The highest BCUT2D eigenvalue weighted by Crippen LogP contribution is 2.29. The highest BCUT2D eigenvalue weighted by molar-refractivity contribution is 7.13. The van der Waals surface area contributed by atoms with Gasteiger partial charge >= 0.3 is 0 Å². The molecule has 17 heavy (non-hydrogen) atoms. The molecule has 0 spiro atoms. The summed E-state index contributed by atoms with van der Waals surface area (Å²) in [5.74, 6) is 0. The van der Waals surface area contributed by atoms with Crippen molar-refractivity contribution in [1.82, 2.24) is 5.32 Å². The van der Waals surface area contributed by atoms with Crippen LogP contribution in [0.2, 0.25) is 0 Å². The number of hydrogen-bond donors (Lipinski definition) is 1. The smallest absolute Gasteiger partial charge is 0.0587 e. The van der Waals surface area contributed by atoms with E-state index in [0.717, 1.165) is 19.7 Å². The second-order valence-electron chi connectivity index (χ2n) is 5.05. The Morgan fingerprint density at radius 3 is 2.71 bits per heavy atom. The normalized spacial score (nSPS) is 12.5. The fourth-order valence-corrected chi connectivity index (χ4v) is 2.38. The topological polar surface area (TPSA) is 21.3 Å². The summed E-state index contributed by atoms with van der Waals surface area (Å²) in [5.41, 5.74) is 0.257. The summed E-state index contributed by atoms with van der Waals surface area (Å²) in [6, 6.07) is 4.42. The van der Waals surface area contributed by atoms with Crippen LogP contribution >= 0.6 is 11.3 Å². The van der Waals surface area contributed by atoms with Gasteiger partial charge in [0.05, 0.1) is 6.61 Å². The molecule has 1 heterocycles. The molecule has 1 aromatic heterocycles. The molecule has 0 aliphatic heterocycles. The molecule has 0 unspecified atom stereocenters. The van der Waals surface area contributed by atoms with Crippen LogP contribution in [-0.2, 0) is 10.2 Å². The number of thiophene rings is 1. The van der Waals surface area contributed by atoms with Crippen LogP contribution in [0.3, 0.4) is 0 Å². The molecule has 96 valence electrons. The number of ether oxygens (including phenoxy) is 1. The molecule has 0 saturated carbocycles. The standard InChI is InChI=1S/C14H23NOS/c1-14(2,3)13-8-7-12(17-13)6-5-9-15-10-11-16-4/h5-8,15H,9-11H2,1-4H3/b6-5+. The lowest BCUT2D eigenvalue weighted by atomic mass is 9.95. The quantitative estimate of drug-likeness (QED) is 0.786. The first-order valence-electron chi connectivity index (χ1n) is 6.00. The van der Waals surface area contributed by atoms with E-state index in [1.165, 1.54) is 9.75 Å². The molecule has 1 rings (SSSR count). The van der Waals surface area contributed by atoms with Gasteiger partial charge in [-0.3, -0.25) is 0 Å². The van der Waals surface area contributed by atoms with Crippen LogP contribution in [0.15, 0.2) is 18.2 Å². The van der Waals surface area contributed by atoms with Crippen LogP contribution in [0.4, 0.5) is 0 Å². The zero-order chi connectivity index (χ0) is 12.7. The van der Waals surface area contributed by atoms with Gasteiger partial charge in [-0.05, 0) is 23.6 Å². The van der Waals surface area contributed by atoms with Crippen molar-refractivity contribution in [3.8, 4) is 0 Å². The summed E-state index contributed by atoms with van der Waals surface area (Å²) in [5, 5.41) is 3.29. The van der Waals surface area contributed by atoms with Crippen molar-refractivity contribution in [3.63, 3.8) is 0 Å². The summed E-state index contributed by atoms with van der Waals surface area (Å²) < 4.78 is 4.96. The van der Waals surface area contributed by atoms with Crippen LogP contribution < -0.4 is 5.32 Å². The first kappa shape index (κ1) is 14.4. The van der Waals surface area contributed by atoms with Gasteiger partial charge in [0.1, 0.15) is 0 Å². The van der Waals surface area contributed by atoms with E-state index < -0.39 is 0 Å². The molecule has 0 aliphatic carbocycles. The maximum atomic E-state index is 4.96. The molecule has 1 aromatic rings. The molecular weight excluding hydrogens is 230 g/mol. The average molecular weight is 253 g/mol. The molecular formula is C14H23NOS. The van der Waals surface area contributed by atoms with Gasteiger partial charge in [-0.15, -0.1) is 11.3 Å². The lowest BCUT2D eigenvalue weighted by Gasteiger charge is -2.15. The third kappa shape index (κ3) is 5.48. The third-order valence-corrected chi connectivity index (χ3v) is 3.87. The van der Waals surface area contributed by atoms with Gasteiger partial charge in [0.15, 0.2) is 0 Å². The van der Waals surface area contributed by atoms with Crippen molar-refractivity contribution < 1.29 is 4.74 Å². The Morgan fingerprint density at radius 2 is 2.12 bits per heavy atom. The van der Waals surface area contributed by atoms with Gasteiger partial charge in [-0.2, -0.15) is 0 Å². The van der Waals surface area contributed by atoms with Gasteiger partial charge < -0.3 is 10.1 Å². The molecule has 2 nitrogen and oxygen atoms in total. The van der Waals surface area contributed by atoms with Crippen molar-refractivity contribution in [2.75, 3.05) is 26.8 Å². The first-order valence-corrected chi connectivity index (χ1v) is 6.82. The maximum Gasteiger partial charge on any atom is 0.0587 e. The molecule has 0 amide bonds. The fraction of sp³-hybridized carbons (Fsp3) is 0.571. The zero-order valence-electron chi connectivity index (χ0n) is 11.2. The summed E-state index contributed by atoms with van der Waals surface area (Å²) in [6.45, 7) is 9.31. The van der Waals surface area contributed by atoms with Crippen LogP contribution in [0.1, 0.15) is 30.5 Å². The molecule has 0 aliphatic rings. The molecule has 0 aromatic carbocycles. The van der Waals surface area contributed by atoms with Crippen molar-refractivity contribution in [2.45, 2.75) is 26.2 Å². The van der Waals surface area contributed by atoms with E-state index in [-0.39, 0.29) is 5.41 Å². The van der Waals surface area contributed by atoms with Crippen LogP contribution in [0.25, 0.3) is 6.08 Å². The van der Waals surface area contributed by atoms with Gasteiger partial charge in [0, 0.05) is 30.0 Å². The predicted molar refractivity (Wildman–Crippen MR) is 76.8 cm³/mol. The monoisotopic (exact) mass is 253 g/mol. The molecule has 0 bridgehead atoms. The van der Waals surface area contributed by atoms with Gasteiger partial charge in [-0.25, -0.2) is 0 Å². The lowest BCUT2D eigenvalue weighted by molar-refractivity contribution is 0.200. The minimum Gasteiger partial charge on any atom is -0.383 e. The third-order valence-electron chi connectivity index (χ3n) is 2.39. The van der Waals surface area contributed by atoms with Crippen LogP contribution in [-0.4, -0.2) is 26.8 Å². The zero-order valence-corrected chi connectivity index (χ0v) is 12.1. The maximum absolute atomic E-state index is 4.96. The second-order valence-corrected chi connectivity index (χ2v) is 6.17. The average Bonchev–Trinajstić information content (AvgIpc) is 2.71. The Hall–Kier alpha value is -0.640. The molecule has 0 fully saturated rings. The summed E-state index contributed by atoms with van der Waals surface area (Å²) in [4.78, 5) is 2.76. The van der Waals surface area contributed by atoms with Crippen LogP contribution in [0.5, 0.6) is 0 Å². The summed E-state index contributed by atoms with van der Waals surface area (Å²) in [6.07, 6.45) is 4.34. The number of rotatable bonds is 6. The minimum absolute atomic E-state index is 0.257. The Bertz CT molecular complexity index is 349. The highest BCUT2D eigenvalue weighted by Gasteiger charge is 2.15. The van der Waals surface area contributed by atoms with Crippen LogP contribution in [0, 0.1) is 0 Å². The number of nitrogens with one attached hydrogen (secondary N) is 1. The van der Waals surface area contributed by atoms with Gasteiger partial charge in [-0.1, -0.05) is 26.8 Å². The first-order chi connectivity index (χ1) is 8.04. The Kier molecular flexibility index (Phi) is 5.89. The van der Waals surface area contributed by atoms with E-state index in [1.54, 1.807) is 7.11 Å². The van der Waals surface area contributed by atoms with Gasteiger partial charge in [0.25, 0.3) is 0 Å². The summed E-state index contributed by atoms with van der Waals surface area (Å²) in [7, 11) is 1.72. The molecule has 0 atom stereocenters. The number of methoxy groups -OCH3 is 1. The van der Waals surface area contributed by atoms with E-state index in [0.29, 0.717) is 0 Å². The highest BCUT2D eigenvalue weighted by atomic mass is 32.1. The Morgan fingerprint density at radius 1 is 1.35 bits per heavy atom. The van der Waals surface area contributed by atoms with Crippen molar-refractivity contribution >= 4 is 17.4 Å². The van der Waals surface area contributed by atoms with Gasteiger partial charge in [0.2, 0.25) is 0 Å². The minimum atomic E-state index is 0.257. The predicted octanol–water partition coefficient (Wildman–Crippen LogP) is 3.29. The SMILES string of the molecule is COCCNC/C=C/c1ccc(C(C)(C)C)s1. The van der Waals surface area contributed by atoms with Crippen molar-refractivity contribution in [2.24, 2.45) is 0 Å². The van der Waals surface area contributed by atoms with E-state index in [4.69, 9.17) is 4.74 Å². The Labute approximate surface area is 109 Å². The number of hydrogen-bond acceptors (Lipinski definition) is 3. The van der Waals surface area contributed by atoms with E-state index in [1.807, 2.05) is 11.3 Å². The fourth-order valence-electron chi connectivity index (χ4n) is 1.38. The Balaban J connectivity index is 2.36.